The molecule has 640 valence electrons. The molecule has 0 unspecified atom stereocenters. The van der Waals surface area contributed by atoms with Gasteiger partial charge in [0.15, 0.2) is 22.3 Å². The van der Waals surface area contributed by atoms with Gasteiger partial charge in [0.2, 0.25) is 0 Å². The largest absolute Gasteiger partial charge is 0.454 e. The third-order valence-corrected chi connectivity index (χ3v) is 29.2. The van der Waals surface area contributed by atoms with E-state index in [1.807, 2.05) is 48.5 Å². The number of nitrogens with one attached hydrogen (secondary N) is 2. The molecule has 2 N–H and O–H groups in total. The van der Waals surface area contributed by atoms with Gasteiger partial charge in [0, 0.05) is 91.9 Å². The van der Waals surface area contributed by atoms with Gasteiger partial charge in [-0.2, -0.15) is 0 Å². The third-order valence-electron chi connectivity index (χ3n) is 28.5. The van der Waals surface area contributed by atoms with E-state index in [9.17, 15) is 0 Å². The smallest absolute Gasteiger partial charge is 0.159 e. The number of hydrogen-bond donors (Lipinski definition) is 2. The van der Waals surface area contributed by atoms with Crippen molar-refractivity contribution in [3.05, 3.63) is 457 Å². The molecular weight excluding hydrogens is 1710 g/mol. The molecule has 0 saturated carbocycles. The molecule has 4 aromatic heterocycles. The minimum atomic E-state index is -0.343. The lowest BCUT2D eigenvalue weighted by molar-refractivity contribution is 0.641. The molecule has 0 atom stereocenters. The number of furan rings is 4. The van der Waals surface area contributed by atoms with Crippen molar-refractivity contribution in [2.75, 3.05) is 20.4 Å². The average molecular weight is 1800 g/mol. The Bertz CT molecular complexity index is 9020. The first-order valence-electron chi connectivity index (χ1n) is 46.2. The summed E-state index contributed by atoms with van der Waals surface area (Å²) < 4.78 is 27.1. The molecule has 24 aromatic carbocycles. The summed E-state index contributed by atoms with van der Waals surface area (Å²) in [5, 5.41) is 39.0. The number of nitrogens with zero attached hydrogens (tertiary/aromatic N) is 2. The molecule has 0 saturated heterocycles. The van der Waals surface area contributed by atoms with E-state index in [4.69, 9.17) is 17.7 Å². The van der Waals surface area contributed by atoms with Gasteiger partial charge in [-0.3, -0.25) is 0 Å². The monoisotopic (exact) mass is 1800 g/mol. The molecule has 0 bridgehead atoms. The van der Waals surface area contributed by atoms with Gasteiger partial charge in [-0.05, 0) is 224 Å². The van der Waals surface area contributed by atoms with Crippen LogP contribution in [0.25, 0.3) is 185 Å². The molecule has 28 rings (SSSR count). The summed E-state index contributed by atoms with van der Waals surface area (Å²) in [5.41, 5.74) is 21.7. The number of para-hydroxylation sites is 8. The fourth-order valence-corrected chi connectivity index (χ4v) is 22.0. The molecule has 28 aromatic rings. The second-order valence-electron chi connectivity index (χ2n) is 36.8. The Morgan fingerprint density at radius 3 is 0.815 bits per heavy atom. The normalized spacial score (nSPS) is 12.2. The minimum absolute atomic E-state index is 0.172. The predicted molar refractivity (Wildman–Crippen MR) is 573 cm³/mol. The van der Waals surface area contributed by atoms with E-state index in [0.717, 1.165) is 145 Å². The van der Waals surface area contributed by atoms with Gasteiger partial charge in [-0.1, -0.05) is 359 Å². The Kier molecular flexibility index (Phi) is 18.3. The van der Waals surface area contributed by atoms with E-state index >= 15 is 0 Å². The van der Waals surface area contributed by atoms with Gasteiger partial charge < -0.3 is 38.1 Å². The van der Waals surface area contributed by atoms with E-state index in [1.165, 1.54) is 124 Å². The summed E-state index contributed by atoms with van der Waals surface area (Å²) in [7, 11) is 0. The molecule has 4 heterocycles. The second kappa shape index (κ2) is 31.2. The van der Waals surface area contributed by atoms with Crippen LogP contribution in [0.3, 0.4) is 0 Å². The first kappa shape index (κ1) is 79.2. The number of anilines is 10. The van der Waals surface area contributed by atoms with Gasteiger partial charge in [-0.25, -0.2) is 0 Å². The van der Waals surface area contributed by atoms with Crippen molar-refractivity contribution in [1.82, 2.24) is 0 Å². The highest BCUT2D eigenvalue weighted by Gasteiger charge is 2.31. The quantitative estimate of drug-likeness (QED) is 0.104. The van der Waals surface area contributed by atoms with E-state index in [2.05, 4.69) is 446 Å². The van der Waals surface area contributed by atoms with Crippen LogP contribution in [0.4, 0.5) is 56.9 Å². The number of benzene rings is 24. The summed E-state index contributed by atoms with van der Waals surface area (Å²) in [6.07, 6.45) is 0. The molecule has 0 aliphatic heterocycles. The molecule has 0 radical (unpaired) electrons. The van der Waals surface area contributed by atoms with Crippen molar-refractivity contribution in [2.45, 2.75) is 38.5 Å². The molecule has 0 spiro atoms. The second-order valence-corrected chi connectivity index (χ2v) is 37.6. The number of halogens is 1. The van der Waals surface area contributed by atoms with Crippen LogP contribution in [0.15, 0.2) is 453 Å². The average Bonchev–Trinajstić information content (AvgIpc) is 1.57. The maximum Gasteiger partial charge on any atom is 0.159 e. The number of rotatable bonds is 14. The van der Waals surface area contributed by atoms with Crippen molar-refractivity contribution < 1.29 is 17.7 Å². The molecule has 0 fully saturated rings. The van der Waals surface area contributed by atoms with Gasteiger partial charge in [0.05, 0.1) is 34.1 Å². The maximum atomic E-state index is 6.78. The zero-order chi connectivity index (χ0) is 89.9. The fraction of sp³-hybridized carbons (Fsp3) is 0.0476. The Labute approximate surface area is 785 Å². The summed E-state index contributed by atoms with van der Waals surface area (Å²) in [6, 6.07) is 154. The maximum absolute atomic E-state index is 6.78. The number of hydrogen-bond acceptors (Lipinski definition) is 8. The van der Waals surface area contributed by atoms with E-state index in [0.29, 0.717) is 0 Å². The van der Waals surface area contributed by atoms with Crippen molar-refractivity contribution >= 4 is 258 Å². The van der Waals surface area contributed by atoms with Gasteiger partial charge in [0.25, 0.3) is 0 Å². The Morgan fingerprint density at radius 2 is 0.459 bits per heavy atom. The summed E-state index contributed by atoms with van der Waals surface area (Å²) in [5.74, 6) is 0. The zero-order valence-electron chi connectivity index (χ0n) is 74.4. The van der Waals surface area contributed by atoms with E-state index < -0.39 is 0 Å². The van der Waals surface area contributed by atoms with Crippen LogP contribution in [-0.4, -0.2) is 0 Å². The fourth-order valence-electron chi connectivity index (χ4n) is 21.5. The third kappa shape index (κ3) is 13.0. The summed E-state index contributed by atoms with van der Waals surface area (Å²) >= 11 is 3.64. The van der Waals surface area contributed by atoms with Crippen LogP contribution in [0.5, 0.6) is 0 Å². The predicted octanol–water partition coefficient (Wildman–Crippen LogP) is 37.2. The summed E-state index contributed by atoms with van der Waals surface area (Å²) in [6.45, 7) is 9.20. The van der Waals surface area contributed by atoms with Gasteiger partial charge >= 0.3 is 0 Å². The van der Waals surface area contributed by atoms with Gasteiger partial charge in [-0.15, -0.1) is 0 Å². The topological polar surface area (TPSA) is 83.1 Å². The van der Waals surface area contributed by atoms with Crippen molar-refractivity contribution in [3.63, 3.8) is 0 Å². The molecule has 8 nitrogen and oxygen atoms in total. The molecule has 0 amide bonds. The lowest BCUT2D eigenvalue weighted by Crippen LogP contribution is -2.19. The molecule has 0 aliphatic carbocycles. The first-order valence-corrected chi connectivity index (χ1v) is 47.0. The SMILES string of the molecule is Brc1ccc2ccc3cccc4ccc1c2c34.CC(C)(c1ccc(N(c2ccc3ccc4cccc5ccc2c3c45)c2cccc3c2oc2ccccc23)cc1)c1ccc(N(c2ccc3ccc4cccc5ccc2c3c45)c2cccc3c2oc2ccccc23)cc1.CC(C)(c1ccc(Nc2cccc3c2oc2ccccc23)cc1)c1ccc(Nc2cccc3c2oc2ccccc23)cc1. The summed E-state index contributed by atoms with van der Waals surface area (Å²) in [4.78, 5) is 4.80. The van der Waals surface area contributed by atoms with Crippen LogP contribution in [-0.2, 0) is 10.8 Å². The Hall–Kier alpha value is -16.7. The highest BCUT2D eigenvalue weighted by molar-refractivity contribution is 9.10. The van der Waals surface area contributed by atoms with Crippen LogP contribution < -0.4 is 20.4 Å². The molecule has 135 heavy (non-hydrogen) atoms. The lowest BCUT2D eigenvalue weighted by atomic mass is 9.78. The Morgan fingerprint density at radius 1 is 0.200 bits per heavy atom. The van der Waals surface area contributed by atoms with Crippen molar-refractivity contribution in [3.8, 4) is 0 Å². The van der Waals surface area contributed by atoms with Gasteiger partial charge in [0.1, 0.15) is 22.3 Å². The van der Waals surface area contributed by atoms with Crippen LogP contribution >= 0.6 is 15.9 Å². The minimum Gasteiger partial charge on any atom is -0.454 e. The van der Waals surface area contributed by atoms with Crippen molar-refractivity contribution in [1.29, 1.82) is 0 Å². The van der Waals surface area contributed by atoms with Crippen LogP contribution in [0.2, 0.25) is 0 Å². The first-order chi connectivity index (χ1) is 66.3. The van der Waals surface area contributed by atoms with E-state index in [-0.39, 0.29) is 10.8 Å². The highest BCUT2D eigenvalue weighted by Crippen LogP contribution is 2.52. The standard InChI is InChI=1S/C71H46N2O2.C39H30N2O2.C16H9Br/c1-71(2,49-31-35-51(36-32-49)72(61-19-9-17-55-53-15-3-5-21-63(53)74-69(55)61)59-41-29-47-25-23-43-11-7-13-45-27-39-57(59)67(47)65(43)45)50-33-37-52(38-34-50)73(62-20-10-18-56-54-16-4-6-22-64(54)75-70(56)62)60-42-30-48-26-24-44-12-8-14-46-28-40-58(60)68(48)66(44)46;1-39(2,25-17-21-27(22-18-25)40-33-13-7-11-31-29-9-3-5-15-35(29)42-37(31)33)26-19-23-28(24-20-26)41-34-14-8-12-32-30-10-4-6-16-36(30)43-38(32)34;17-14-9-7-12-5-4-10-2-1-3-11-6-8-13(14)16(12)15(10)11/h3-42H,1-2H3;3-24,40-41H,1-2H3;1-9H. The van der Waals surface area contributed by atoms with Crippen LogP contribution in [0.1, 0.15) is 49.9 Å². The molecule has 0 aliphatic rings. The Balaban J connectivity index is 0.000000131. The molecule has 9 heteroatoms. The van der Waals surface area contributed by atoms with Crippen LogP contribution in [0, 0.1) is 0 Å². The molecular formula is C126H85BrN4O4. The highest BCUT2D eigenvalue weighted by atomic mass is 79.9. The lowest BCUT2D eigenvalue weighted by Gasteiger charge is -2.31. The van der Waals surface area contributed by atoms with E-state index in [1.54, 1.807) is 0 Å². The zero-order valence-corrected chi connectivity index (χ0v) is 76.0. The van der Waals surface area contributed by atoms with Crippen molar-refractivity contribution in [2.24, 2.45) is 0 Å². The number of fused-ring (bicyclic) bond motifs is 12.